The molecule has 0 atom stereocenters. The Balaban J connectivity index is 1.72. The predicted molar refractivity (Wildman–Crippen MR) is 113 cm³/mol. The minimum Gasteiger partial charge on any atom is -0.483 e. The molecule has 0 bridgehead atoms. The largest absolute Gasteiger partial charge is 0.483 e. The van der Waals surface area contributed by atoms with Gasteiger partial charge in [-0.25, -0.2) is 0 Å². The highest BCUT2D eigenvalue weighted by atomic mass is 79.9. The number of amides is 1. The van der Waals surface area contributed by atoms with Crippen molar-refractivity contribution in [2.75, 3.05) is 11.9 Å². The number of rotatable bonds is 5. The van der Waals surface area contributed by atoms with Crippen LogP contribution in [0.4, 0.5) is 5.69 Å². The molecule has 0 fully saturated rings. The summed E-state index contributed by atoms with van der Waals surface area (Å²) in [5.74, 6) is 0.453. The van der Waals surface area contributed by atoms with Crippen LogP contribution in [0.5, 0.6) is 5.75 Å². The van der Waals surface area contributed by atoms with Gasteiger partial charge in [-0.15, -0.1) is 0 Å². The summed E-state index contributed by atoms with van der Waals surface area (Å²) in [5.41, 5.74) is 3.79. The van der Waals surface area contributed by atoms with Gasteiger partial charge in [-0.2, -0.15) is 0 Å². The highest BCUT2D eigenvalue weighted by Gasteiger charge is 2.12. The third-order valence-corrected chi connectivity index (χ3v) is 5.03. The van der Waals surface area contributed by atoms with Crippen molar-refractivity contribution in [3.05, 3.63) is 81.2 Å². The van der Waals surface area contributed by atoms with Gasteiger partial charge in [0.25, 0.3) is 5.91 Å². The molecule has 0 unspecified atom stereocenters. The summed E-state index contributed by atoms with van der Waals surface area (Å²) >= 11 is 6.96. The molecule has 0 aromatic heterocycles. The quantitative estimate of drug-likeness (QED) is 0.477. The molecule has 0 aliphatic rings. The summed E-state index contributed by atoms with van der Waals surface area (Å²) < 4.78 is 7.43. The molecular formula is C21H17Br2NO2. The van der Waals surface area contributed by atoms with Crippen molar-refractivity contribution in [3.63, 3.8) is 0 Å². The second-order valence-electron chi connectivity index (χ2n) is 5.80. The van der Waals surface area contributed by atoms with Crippen molar-refractivity contribution in [3.8, 4) is 16.9 Å². The maximum Gasteiger partial charge on any atom is 0.262 e. The van der Waals surface area contributed by atoms with Gasteiger partial charge in [-0.1, -0.05) is 48.5 Å². The Bertz CT molecular complexity index is 903. The van der Waals surface area contributed by atoms with E-state index in [2.05, 4.69) is 37.2 Å². The molecule has 0 spiro atoms. The van der Waals surface area contributed by atoms with Crippen LogP contribution < -0.4 is 10.1 Å². The number of hydrogen-bond acceptors (Lipinski definition) is 2. The minimum atomic E-state index is -0.224. The van der Waals surface area contributed by atoms with E-state index in [1.54, 1.807) is 0 Å². The van der Waals surface area contributed by atoms with Crippen LogP contribution in [0.2, 0.25) is 0 Å². The predicted octanol–water partition coefficient (Wildman–Crippen LogP) is 6.20. The zero-order chi connectivity index (χ0) is 18.5. The van der Waals surface area contributed by atoms with Crippen molar-refractivity contribution in [1.82, 2.24) is 0 Å². The average Bonchev–Trinajstić information content (AvgIpc) is 2.64. The van der Waals surface area contributed by atoms with Gasteiger partial charge in [0, 0.05) is 14.5 Å². The van der Waals surface area contributed by atoms with Crippen LogP contribution in [0.15, 0.2) is 75.7 Å². The van der Waals surface area contributed by atoms with Crippen molar-refractivity contribution >= 4 is 43.5 Å². The number of hydrogen-bond donors (Lipinski definition) is 1. The van der Waals surface area contributed by atoms with Gasteiger partial charge in [0.15, 0.2) is 6.61 Å². The third-order valence-electron chi connectivity index (χ3n) is 3.78. The molecule has 0 aliphatic heterocycles. The van der Waals surface area contributed by atoms with Crippen molar-refractivity contribution in [1.29, 1.82) is 0 Å². The molecule has 0 heterocycles. The summed E-state index contributed by atoms with van der Waals surface area (Å²) in [7, 11) is 0. The Kier molecular flexibility index (Phi) is 6.12. The Hall–Kier alpha value is -2.11. The molecule has 0 saturated carbocycles. The summed E-state index contributed by atoms with van der Waals surface area (Å²) in [6.45, 7) is 1.92. The first kappa shape index (κ1) is 18.7. The standard InChI is InChI=1S/C21H17Br2NO2/c1-14-11-17(22)21(18(23)12-14)24-20(25)13-26-19-10-6-5-9-16(19)15-7-3-2-4-8-15/h2-12H,13H2,1H3,(H,24,25). The topological polar surface area (TPSA) is 38.3 Å². The van der Waals surface area contributed by atoms with Crippen LogP contribution in [-0.2, 0) is 4.79 Å². The van der Waals surface area contributed by atoms with Gasteiger partial charge in [0.2, 0.25) is 0 Å². The molecular weight excluding hydrogens is 458 g/mol. The monoisotopic (exact) mass is 473 g/mol. The Labute approximate surface area is 169 Å². The van der Waals surface area contributed by atoms with E-state index in [0.717, 1.165) is 25.6 Å². The maximum atomic E-state index is 12.3. The molecule has 1 N–H and O–H groups in total. The number of para-hydroxylation sites is 1. The van der Waals surface area contributed by atoms with Gasteiger partial charge in [-0.05, 0) is 68.1 Å². The number of carbonyl (C=O) groups is 1. The number of aryl methyl sites for hydroxylation is 1. The van der Waals surface area contributed by atoms with Gasteiger partial charge in [-0.3, -0.25) is 4.79 Å². The van der Waals surface area contributed by atoms with Gasteiger partial charge in [0.05, 0.1) is 5.69 Å². The zero-order valence-electron chi connectivity index (χ0n) is 14.1. The first-order chi connectivity index (χ1) is 12.5. The van der Waals surface area contributed by atoms with Crippen LogP contribution in [0.3, 0.4) is 0 Å². The van der Waals surface area contributed by atoms with Crippen molar-refractivity contribution < 1.29 is 9.53 Å². The normalized spacial score (nSPS) is 10.4. The Morgan fingerprint density at radius 3 is 2.27 bits per heavy atom. The van der Waals surface area contributed by atoms with E-state index in [4.69, 9.17) is 4.74 Å². The second-order valence-corrected chi connectivity index (χ2v) is 7.51. The zero-order valence-corrected chi connectivity index (χ0v) is 17.3. The minimum absolute atomic E-state index is 0.0728. The van der Waals surface area contributed by atoms with E-state index in [1.165, 1.54) is 0 Å². The molecule has 3 aromatic carbocycles. The van der Waals surface area contributed by atoms with Crippen LogP contribution >= 0.6 is 31.9 Å². The van der Waals surface area contributed by atoms with E-state index in [1.807, 2.05) is 73.7 Å². The van der Waals surface area contributed by atoms with Crippen LogP contribution in [0.1, 0.15) is 5.56 Å². The Morgan fingerprint density at radius 2 is 1.58 bits per heavy atom. The summed E-state index contributed by atoms with van der Waals surface area (Å²) in [4.78, 5) is 12.3. The molecule has 26 heavy (non-hydrogen) atoms. The molecule has 0 radical (unpaired) electrons. The first-order valence-electron chi connectivity index (χ1n) is 8.07. The SMILES string of the molecule is Cc1cc(Br)c(NC(=O)COc2ccccc2-c2ccccc2)c(Br)c1. The summed E-state index contributed by atoms with van der Waals surface area (Å²) in [5, 5.41) is 2.88. The maximum absolute atomic E-state index is 12.3. The highest BCUT2D eigenvalue weighted by Crippen LogP contribution is 2.33. The fourth-order valence-corrected chi connectivity index (χ4v) is 4.20. The van der Waals surface area contributed by atoms with Gasteiger partial charge >= 0.3 is 0 Å². The van der Waals surface area contributed by atoms with Crippen LogP contribution in [0.25, 0.3) is 11.1 Å². The van der Waals surface area contributed by atoms with E-state index >= 15 is 0 Å². The van der Waals surface area contributed by atoms with Crippen LogP contribution in [-0.4, -0.2) is 12.5 Å². The number of nitrogens with one attached hydrogen (secondary N) is 1. The van der Waals surface area contributed by atoms with Gasteiger partial charge in [0.1, 0.15) is 5.75 Å². The van der Waals surface area contributed by atoms with Gasteiger partial charge < -0.3 is 10.1 Å². The number of halogens is 2. The molecule has 0 aliphatic carbocycles. The number of ether oxygens (including phenoxy) is 1. The van der Waals surface area contributed by atoms with E-state index in [-0.39, 0.29) is 12.5 Å². The van der Waals surface area contributed by atoms with E-state index < -0.39 is 0 Å². The molecule has 1 amide bonds. The molecule has 3 rings (SSSR count). The second kappa shape index (κ2) is 8.52. The number of anilines is 1. The van der Waals surface area contributed by atoms with E-state index in [0.29, 0.717) is 11.4 Å². The Morgan fingerprint density at radius 1 is 0.962 bits per heavy atom. The molecule has 132 valence electrons. The number of carbonyl (C=O) groups excluding carboxylic acids is 1. The smallest absolute Gasteiger partial charge is 0.262 e. The molecule has 3 nitrogen and oxygen atoms in total. The first-order valence-corrected chi connectivity index (χ1v) is 9.66. The fraction of sp³-hybridized carbons (Fsp3) is 0.0952. The lowest BCUT2D eigenvalue weighted by Gasteiger charge is -2.13. The number of benzene rings is 3. The molecule has 5 heteroatoms. The lowest BCUT2D eigenvalue weighted by atomic mass is 10.1. The summed E-state index contributed by atoms with van der Waals surface area (Å²) in [6, 6.07) is 21.6. The summed E-state index contributed by atoms with van der Waals surface area (Å²) in [6.07, 6.45) is 0. The molecule has 3 aromatic rings. The lowest BCUT2D eigenvalue weighted by molar-refractivity contribution is -0.118. The highest BCUT2D eigenvalue weighted by molar-refractivity contribution is 9.11. The van der Waals surface area contributed by atoms with Crippen molar-refractivity contribution in [2.45, 2.75) is 6.92 Å². The molecule has 0 saturated heterocycles. The van der Waals surface area contributed by atoms with E-state index in [9.17, 15) is 4.79 Å². The third kappa shape index (κ3) is 4.54. The van der Waals surface area contributed by atoms with Crippen molar-refractivity contribution in [2.24, 2.45) is 0 Å². The fourth-order valence-electron chi connectivity index (χ4n) is 2.59. The lowest BCUT2D eigenvalue weighted by Crippen LogP contribution is -2.21. The van der Waals surface area contributed by atoms with Crippen LogP contribution in [0, 0.1) is 6.92 Å². The average molecular weight is 475 g/mol.